The Morgan fingerprint density at radius 3 is 1.84 bits per heavy atom. The molecule has 0 fully saturated rings. The van der Waals surface area contributed by atoms with E-state index in [4.69, 9.17) is 19.9 Å². The van der Waals surface area contributed by atoms with Gasteiger partial charge in [0.15, 0.2) is 11.6 Å². The standard InChI is InChI=1S/C38H26N6O/c1-38(2)27-22-21-26-25-17-9-11-19-29(25)43(32(26)31(27)35(45)44-30-20-12-10-18-28(30)39-36(38)44)37-41-33(23-13-5-3-6-14-23)40-34(42-37)24-15-7-4-8-16-24/h3-22H,1-2H3. The molecule has 0 N–H and O–H groups in total. The predicted octanol–water partition coefficient (Wildman–Crippen LogP) is 7.98. The van der Waals surface area contributed by atoms with Crippen LogP contribution in [0.15, 0.2) is 121 Å². The molecule has 0 unspecified atom stereocenters. The van der Waals surface area contributed by atoms with Crippen LogP contribution in [0.25, 0.3) is 61.6 Å². The van der Waals surface area contributed by atoms with Crippen molar-refractivity contribution in [2.24, 2.45) is 0 Å². The average Bonchev–Trinajstić information content (AvgIpc) is 3.65. The number of carbonyl (C=O) groups excluding carboxylic acids is 1. The number of rotatable bonds is 3. The van der Waals surface area contributed by atoms with Crippen LogP contribution in [0.1, 0.15) is 35.6 Å². The maximum atomic E-state index is 14.8. The average molecular weight is 583 g/mol. The fraction of sp³-hybridized carbons (Fsp3) is 0.0789. The van der Waals surface area contributed by atoms with Crippen LogP contribution in [-0.4, -0.2) is 35.0 Å². The first-order valence-corrected chi connectivity index (χ1v) is 15.0. The van der Waals surface area contributed by atoms with E-state index in [1.807, 2.05) is 102 Å². The maximum absolute atomic E-state index is 14.8. The van der Waals surface area contributed by atoms with Gasteiger partial charge in [0.1, 0.15) is 5.82 Å². The monoisotopic (exact) mass is 582 g/mol. The number of para-hydroxylation sites is 3. The summed E-state index contributed by atoms with van der Waals surface area (Å²) in [5.74, 6) is 2.20. The van der Waals surface area contributed by atoms with Crippen molar-refractivity contribution in [3.05, 3.63) is 138 Å². The number of hydrogen-bond acceptors (Lipinski definition) is 5. The SMILES string of the molecule is CC1(C)c2ccc3c4ccccc4n(-c4nc(-c5ccccc5)nc(-c5ccccc5)n4)c3c2C(=O)n2c1nc1ccccc12. The Bertz CT molecular complexity index is 2420. The van der Waals surface area contributed by atoms with Crippen molar-refractivity contribution in [2.75, 3.05) is 0 Å². The van der Waals surface area contributed by atoms with E-state index in [1.165, 1.54) is 0 Å². The molecule has 0 atom stereocenters. The minimum absolute atomic E-state index is 0.108. The molecular formula is C38H26N6O. The number of benzene rings is 5. The molecule has 1 aliphatic heterocycles. The highest BCUT2D eigenvalue weighted by Crippen LogP contribution is 2.44. The second-order valence-electron chi connectivity index (χ2n) is 11.9. The second kappa shape index (κ2) is 9.27. The number of hydrogen-bond donors (Lipinski definition) is 0. The molecule has 0 aliphatic carbocycles. The van der Waals surface area contributed by atoms with Crippen LogP contribution < -0.4 is 0 Å². The molecule has 0 saturated heterocycles. The van der Waals surface area contributed by atoms with Gasteiger partial charge < -0.3 is 0 Å². The van der Waals surface area contributed by atoms with Crippen LogP contribution in [0.3, 0.4) is 0 Å². The van der Waals surface area contributed by atoms with Crippen LogP contribution in [-0.2, 0) is 5.41 Å². The van der Waals surface area contributed by atoms with Gasteiger partial charge in [0.25, 0.3) is 5.91 Å². The highest BCUT2D eigenvalue weighted by Gasteiger charge is 2.41. The second-order valence-corrected chi connectivity index (χ2v) is 11.9. The molecule has 45 heavy (non-hydrogen) atoms. The molecule has 7 nitrogen and oxygen atoms in total. The van der Waals surface area contributed by atoms with Gasteiger partial charge in [-0.3, -0.25) is 13.9 Å². The summed E-state index contributed by atoms with van der Waals surface area (Å²) >= 11 is 0. The normalized spacial score (nSPS) is 13.8. The van der Waals surface area contributed by atoms with Crippen molar-refractivity contribution < 1.29 is 4.79 Å². The zero-order chi connectivity index (χ0) is 30.3. The number of imidazole rings is 1. The van der Waals surface area contributed by atoms with Crippen molar-refractivity contribution in [1.29, 1.82) is 0 Å². The Kier molecular flexibility index (Phi) is 5.26. The summed E-state index contributed by atoms with van der Waals surface area (Å²) in [7, 11) is 0. The highest BCUT2D eigenvalue weighted by molar-refractivity contribution is 6.19. The molecule has 3 aromatic heterocycles. The van der Waals surface area contributed by atoms with E-state index >= 15 is 0 Å². The van der Waals surface area contributed by atoms with E-state index in [0.717, 1.165) is 55.4 Å². The van der Waals surface area contributed by atoms with Crippen LogP contribution in [0.5, 0.6) is 0 Å². The van der Waals surface area contributed by atoms with E-state index in [1.54, 1.807) is 4.57 Å². The zero-order valence-corrected chi connectivity index (χ0v) is 24.6. The van der Waals surface area contributed by atoms with Gasteiger partial charge in [0, 0.05) is 27.3 Å². The minimum atomic E-state index is -0.540. The fourth-order valence-corrected chi connectivity index (χ4v) is 6.78. The smallest absolute Gasteiger partial charge is 0.266 e. The third-order valence-corrected chi connectivity index (χ3v) is 8.93. The van der Waals surface area contributed by atoms with Crippen LogP contribution in [0, 0.1) is 0 Å². The van der Waals surface area contributed by atoms with Gasteiger partial charge in [-0.05, 0) is 37.6 Å². The fourth-order valence-electron chi connectivity index (χ4n) is 6.78. The summed E-state index contributed by atoms with van der Waals surface area (Å²) in [6.45, 7) is 4.28. The van der Waals surface area contributed by atoms with Crippen molar-refractivity contribution in [3.63, 3.8) is 0 Å². The van der Waals surface area contributed by atoms with Crippen molar-refractivity contribution in [2.45, 2.75) is 19.3 Å². The first kappa shape index (κ1) is 25.5. The van der Waals surface area contributed by atoms with E-state index in [0.29, 0.717) is 23.2 Å². The van der Waals surface area contributed by atoms with Gasteiger partial charge in [-0.2, -0.15) is 9.97 Å². The number of fused-ring (bicyclic) bond motifs is 8. The van der Waals surface area contributed by atoms with Crippen LogP contribution >= 0.6 is 0 Å². The number of carbonyl (C=O) groups is 1. The van der Waals surface area contributed by atoms with Crippen molar-refractivity contribution in [3.8, 4) is 28.7 Å². The molecule has 9 rings (SSSR count). The molecule has 0 bridgehead atoms. The molecule has 0 amide bonds. The molecule has 214 valence electrons. The zero-order valence-electron chi connectivity index (χ0n) is 24.6. The Hall–Kier alpha value is -5.95. The first-order chi connectivity index (χ1) is 22.0. The maximum Gasteiger partial charge on any atom is 0.266 e. The highest BCUT2D eigenvalue weighted by atomic mass is 16.2. The van der Waals surface area contributed by atoms with E-state index in [9.17, 15) is 4.79 Å². The largest absolute Gasteiger partial charge is 0.277 e. The van der Waals surface area contributed by atoms with Crippen molar-refractivity contribution >= 4 is 38.7 Å². The molecule has 4 heterocycles. The van der Waals surface area contributed by atoms with Gasteiger partial charge >= 0.3 is 0 Å². The van der Waals surface area contributed by atoms with Gasteiger partial charge in [0.2, 0.25) is 5.95 Å². The summed E-state index contributed by atoms with van der Waals surface area (Å²) in [4.78, 5) is 34.8. The summed E-state index contributed by atoms with van der Waals surface area (Å²) in [6.07, 6.45) is 0. The topological polar surface area (TPSA) is 78.5 Å². The molecule has 5 aromatic carbocycles. The Balaban J connectivity index is 1.41. The quantitative estimate of drug-likeness (QED) is 0.211. The molecule has 0 spiro atoms. The van der Waals surface area contributed by atoms with Gasteiger partial charge in [-0.15, -0.1) is 0 Å². The van der Waals surface area contributed by atoms with E-state index in [-0.39, 0.29) is 5.91 Å². The lowest BCUT2D eigenvalue weighted by atomic mass is 9.77. The summed E-state index contributed by atoms with van der Waals surface area (Å²) in [6, 6.07) is 40.1. The molecule has 7 heteroatoms. The number of aromatic nitrogens is 6. The first-order valence-electron chi connectivity index (χ1n) is 15.0. The Morgan fingerprint density at radius 1 is 0.556 bits per heavy atom. The molecule has 8 aromatic rings. The lowest BCUT2D eigenvalue weighted by Gasteiger charge is -2.32. The molecular weight excluding hydrogens is 556 g/mol. The van der Waals surface area contributed by atoms with Gasteiger partial charge in [-0.1, -0.05) is 103 Å². The summed E-state index contributed by atoms with van der Waals surface area (Å²) < 4.78 is 3.83. The van der Waals surface area contributed by atoms with Crippen LogP contribution in [0.2, 0.25) is 0 Å². The Labute approximate surface area is 258 Å². The predicted molar refractivity (Wildman–Crippen MR) is 177 cm³/mol. The Morgan fingerprint density at radius 2 is 1.16 bits per heavy atom. The summed E-state index contributed by atoms with van der Waals surface area (Å²) in [5, 5.41) is 1.98. The third kappa shape index (κ3) is 3.61. The number of nitrogens with zero attached hydrogens (tertiary/aromatic N) is 6. The van der Waals surface area contributed by atoms with Crippen molar-refractivity contribution in [1.82, 2.24) is 29.1 Å². The van der Waals surface area contributed by atoms with Gasteiger partial charge in [0.05, 0.1) is 27.6 Å². The minimum Gasteiger partial charge on any atom is -0.277 e. The lowest BCUT2D eigenvalue weighted by Crippen LogP contribution is -2.35. The lowest BCUT2D eigenvalue weighted by molar-refractivity contribution is 0.0949. The van der Waals surface area contributed by atoms with Gasteiger partial charge in [-0.25, -0.2) is 9.97 Å². The van der Waals surface area contributed by atoms with E-state index < -0.39 is 5.41 Å². The third-order valence-electron chi connectivity index (χ3n) is 8.93. The van der Waals surface area contributed by atoms with E-state index in [2.05, 4.69) is 38.1 Å². The van der Waals surface area contributed by atoms with Crippen LogP contribution in [0.4, 0.5) is 0 Å². The molecule has 0 radical (unpaired) electrons. The molecule has 1 aliphatic rings. The summed E-state index contributed by atoms with van der Waals surface area (Å²) in [5.41, 5.74) is 6.07. The molecule has 0 saturated carbocycles.